The van der Waals surface area contributed by atoms with Crippen molar-refractivity contribution in [3.8, 4) is 0 Å². The molecule has 0 aliphatic carbocycles. The molecule has 1 heterocycles. The van der Waals surface area contributed by atoms with Gasteiger partial charge in [0.1, 0.15) is 10.3 Å². The van der Waals surface area contributed by atoms with Crippen molar-refractivity contribution in [2.75, 3.05) is 0 Å². The van der Waals surface area contributed by atoms with Gasteiger partial charge in [0.05, 0.1) is 11.5 Å². The second-order valence-electron chi connectivity index (χ2n) is 4.05. The van der Waals surface area contributed by atoms with Crippen LogP contribution in [0.3, 0.4) is 0 Å². The maximum atomic E-state index is 14.0. The van der Waals surface area contributed by atoms with Crippen LogP contribution in [-0.4, -0.2) is 14.5 Å². The third kappa shape index (κ3) is 2.60. The first kappa shape index (κ1) is 14.3. The summed E-state index contributed by atoms with van der Waals surface area (Å²) in [6.45, 7) is 1.48. The zero-order chi connectivity index (χ0) is 14.9. The molecule has 2 rings (SSSR count). The van der Waals surface area contributed by atoms with Crippen LogP contribution in [-0.2, 0) is 6.54 Å². The smallest absolute Gasteiger partial charge is 0.291 e. The highest BCUT2D eigenvalue weighted by molar-refractivity contribution is 9.10. The number of aryl methyl sites for hydroxylation is 1. The fourth-order valence-corrected chi connectivity index (χ4v) is 2.05. The molecular formula is C12H9BrFN3O3. The summed E-state index contributed by atoms with van der Waals surface area (Å²) in [5, 5.41) is 10.7. The molecule has 0 fully saturated rings. The Hall–Kier alpha value is -2.09. The van der Waals surface area contributed by atoms with Crippen LogP contribution in [0.25, 0.3) is 0 Å². The van der Waals surface area contributed by atoms with E-state index in [1.54, 1.807) is 6.92 Å². The number of nitro benzene ring substituents is 1. The Bertz CT molecular complexity index is 745. The van der Waals surface area contributed by atoms with Crippen LogP contribution in [0.15, 0.2) is 33.7 Å². The maximum absolute atomic E-state index is 14.0. The van der Waals surface area contributed by atoms with Gasteiger partial charge in [-0.15, -0.1) is 0 Å². The van der Waals surface area contributed by atoms with Crippen molar-refractivity contribution < 1.29 is 9.31 Å². The Kier molecular flexibility index (Phi) is 3.93. The molecule has 0 unspecified atom stereocenters. The van der Waals surface area contributed by atoms with Gasteiger partial charge in [-0.25, -0.2) is 4.98 Å². The number of nitro groups is 1. The minimum atomic E-state index is -0.941. The molecule has 0 saturated carbocycles. The van der Waals surface area contributed by atoms with E-state index >= 15 is 0 Å². The van der Waals surface area contributed by atoms with Crippen LogP contribution in [0.2, 0.25) is 0 Å². The Balaban J connectivity index is 2.52. The van der Waals surface area contributed by atoms with E-state index in [1.807, 2.05) is 0 Å². The van der Waals surface area contributed by atoms with Crippen molar-refractivity contribution in [2.24, 2.45) is 0 Å². The molecular weight excluding hydrogens is 333 g/mol. The van der Waals surface area contributed by atoms with Crippen LogP contribution < -0.4 is 5.56 Å². The molecule has 8 heteroatoms. The third-order valence-corrected chi connectivity index (χ3v) is 3.33. The Morgan fingerprint density at radius 1 is 1.50 bits per heavy atom. The average Bonchev–Trinajstić information content (AvgIpc) is 2.40. The standard InChI is InChI=1S/C12H9BrFN3O3/c1-7-15-5-9(13)12(18)16(7)6-8-3-2-4-10(11(8)14)17(19)20/h2-5H,6H2,1H3. The molecule has 6 nitrogen and oxygen atoms in total. The molecule has 104 valence electrons. The summed E-state index contributed by atoms with van der Waals surface area (Å²) in [4.78, 5) is 25.8. The van der Waals surface area contributed by atoms with Crippen LogP contribution in [0, 0.1) is 22.9 Å². The summed E-state index contributed by atoms with van der Waals surface area (Å²) in [5.74, 6) is -0.548. The van der Waals surface area contributed by atoms with Gasteiger partial charge in [-0.2, -0.15) is 4.39 Å². The first-order chi connectivity index (χ1) is 9.41. The van der Waals surface area contributed by atoms with Gasteiger partial charge in [-0.3, -0.25) is 19.5 Å². The number of hydrogen-bond acceptors (Lipinski definition) is 4. The molecule has 1 aromatic carbocycles. The van der Waals surface area contributed by atoms with E-state index in [9.17, 15) is 19.3 Å². The minimum Gasteiger partial charge on any atom is -0.291 e. The number of aromatic nitrogens is 2. The fraction of sp³-hybridized carbons (Fsp3) is 0.167. The molecule has 0 atom stereocenters. The topological polar surface area (TPSA) is 78.0 Å². The highest BCUT2D eigenvalue weighted by Crippen LogP contribution is 2.20. The van der Waals surface area contributed by atoms with Crippen molar-refractivity contribution in [1.82, 2.24) is 9.55 Å². The lowest BCUT2D eigenvalue weighted by Crippen LogP contribution is -2.25. The molecule has 2 aromatic rings. The van der Waals surface area contributed by atoms with Crippen LogP contribution in [0.5, 0.6) is 0 Å². The molecule has 0 amide bonds. The van der Waals surface area contributed by atoms with Gasteiger partial charge in [0, 0.05) is 17.8 Å². The van der Waals surface area contributed by atoms with Gasteiger partial charge in [0.2, 0.25) is 5.82 Å². The Morgan fingerprint density at radius 2 is 2.20 bits per heavy atom. The SMILES string of the molecule is Cc1ncc(Br)c(=O)n1Cc1cccc([N+](=O)[O-])c1F. The molecule has 0 N–H and O–H groups in total. The number of benzene rings is 1. The van der Waals surface area contributed by atoms with Crippen LogP contribution >= 0.6 is 15.9 Å². The van der Waals surface area contributed by atoms with E-state index in [-0.39, 0.29) is 22.1 Å². The number of halogens is 2. The highest BCUT2D eigenvalue weighted by atomic mass is 79.9. The van der Waals surface area contributed by atoms with E-state index < -0.39 is 16.4 Å². The minimum absolute atomic E-state index is 0.0595. The summed E-state index contributed by atoms with van der Waals surface area (Å²) in [5.41, 5.74) is -0.927. The molecule has 20 heavy (non-hydrogen) atoms. The number of hydrogen-bond donors (Lipinski definition) is 0. The quantitative estimate of drug-likeness (QED) is 0.634. The molecule has 0 spiro atoms. The summed E-state index contributed by atoms with van der Waals surface area (Å²) < 4.78 is 15.5. The van der Waals surface area contributed by atoms with Gasteiger partial charge in [0.25, 0.3) is 5.56 Å². The largest absolute Gasteiger partial charge is 0.305 e. The Morgan fingerprint density at radius 3 is 2.85 bits per heavy atom. The first-order valence-electron chi connectivity index (χ1n) is 5.55. The van der Waals surface area contributed by atoms with Gasteiger partial charge in [0.15, 0.2) is 0 Å². The van der Waals surface area contributed by atoms with E-state index in [0.29, 0.717) is 5.82 Å². The van der Waals surface area contributed by atoms with E-state index in [4.69, 9.17) is 0 Å². The summed E-state index contributed by atoms with van der Waals surface area (Å²) in [7, 11) is 0. The predicted octanol–water partition coefficient (Wildman–Crippen LogP) is 2.41. The summed E-state index contributed by atoms with van der Waals surface area (Å²) in [6.07, 6.45) is 1.36. The van der Waals surface area contributed by atoms with Gasteiger partial charge < -0.3 is 0 Å². The second-order valence-corrected chi connectivity index (χ2v) is 4.91. The van der Waals surface area contributed by atoms with Crippen molar-refractivity contribution >= 4 is 21.6 Å². The van der Waals surface area contributed by atoms with E-state index in [1.165, 1.54) is 22.9 Å². The van der Waals surface area contributed by atoms with Gasteiger partial charge in [-0.1, -0.05) is 12.1 Å². The van der Waals surface area contributed by atoms with E-state index in [2.05, 4.69) is 20.9 Å². The monoisotopic (exact) mass is 341 g/mol. The molecule has 0 radical (unpaired) electrons. The molecule has 0 aliphatic heterocycles. The second kappa shape index (κ2) is 5.49. The molecule has 1 aromatic heterocycles. The first-order valence-corrected chi connectivity index (χ1v) is 6.35. The highest BCUT2D eigenvalue weighted by Gasteiger charge is 2.18. The van der Waals surface area contributed by atoms with Crippen LogP contribution in [0.4, 0.5) is 10.1 Å². The normalized spacial score (nSPS) is 10.6. The number of nitrogens with zero attached hydrogens (tertiary/aromatic N) is 3. The van der Waals surface area contributed by atoms with Crippen molar-refractivity contribution in [1.29, 1.82) is 0 Å². The van der Waals surface area contributed by atoms with Crippen molar-refractivity contribution in [3.05, 3.63) is 66.5 Å². The lowest BCUT2D eigenvalue weighted by molar-refractivity contribution is -0.387. The van der Waals surface area contributed by atoms with Gasteiger partial charge >= 0.3 is 5.69 Å². The number of rotatable bonds is 3. The lowest BCUT2D eigenvalue weighted by Gasteiger charge is -2.10. The summed E-state index contributed by atoms with van der Waals surface area (Å²) in [6, 6.07) is 3.85. The molecule has 0 aliphatic rings. The molecule has 0 bridgehead atoms. The van der Waals surface area contributed by atoms with Crippen LogP contribution in [0.1, 0.15) is 11.4 Å². The summed E-state index contributed by atoms with van der Waals surface area (Å²) >= 11 is 3.05. The Labute approximate surface area is 121 Å². The van der Waals surface area contributed by atoms with Gasteiger partial charge in [-0.05, 0) is 22.9 Å². The average molecular weight is 342 g/mol. The van der Waals surface area contributed by atoms with Crippen molar-refractivity contribution in [3.63, 3.8) is 0 Å². The fourth-order valence-electron chi connectivity index (χ4n) is 1.74. The predicted molar refractivity (Wildman–Crippen MR) is 73.1 cm³/mol. The third-order valence-electron chi connectivity index (χ3n) is 2.79. The zero-order valence-electron chi connectivity index (χ0n) is 10.3. The van der Waals surface area contributed by atoms with Crippen molar-refractivity contribution in [2.45, 2.75) is 13.5 Å². The molecule has 0 saturated heterocycles. The van der Waals surface area contributed by atoms with E-state index in [0.717, 1.165) is 6.07 Å². The lowest BCUT2D eigenvalue weighted by atomic mass is 10.2. The zero-order valence-corrected chi connectivity index (χ0v) is 11.9. The maximum Gasteiger partial charge on any atom is 0.305 e.